The van der Waals surface area contributed by atoms with Gasteiger partial charge in [-0.2, -0.15) is 13.2 Å². The minimum absolute atomic E-state index is 0.0238. The van der Waals surface area contributed by atoms with Crippen LogP contribution in [0, 0.1) is 5.82 Å². The van der Waals surface area contributed by atoms with E-state index in [1.165, 1.54) is 24.4 Å². The molecule has 12 heteroatoms. The van der Waals surface area contributed by atoms with E-state index in [2.05, 4.69) is 9.71 Å². The van der Waals surface area contributed by atoms with Crippen molar-refractivity contribution >= 4 is 28.3 Å². The summed E-state index contributed by atoms with van der Waals surface area (Å²) < 4.78 is 87.2. The van der Waals surface area contributed by atoms with E-state index in [0.717, 1.165) is 6.07 Å². The third kappa shape index (κ3) is 7.42. The van der Waals surface area contributed by atoms with Crippen molar-refractivity contribution < 1.29 is 40.8 Å². The summed E-state index contributed by atoms with van der Waals surface area (Å²) in [6.45, 7) is 6.93. The quantitative estimate of drug-likeness (QED) is 0.119. The number of carbonyl (C=O) groups is 1. The van der Waals surface area contributed by atoms with Gasteiger partial charge in [-0.3, -0.25) is 9.78 Å². The number of pyridine rings is 1. The number of carbonyl (C=O) groups excluding carboxylic acids is 1. The monoisotopic (exact) mass is 606 g/mol. The first-order valence-electron chi connectivity index (χ1n) is 13.1. The number of ether oxygens (including phenoxy) is 2. The van der Waals surface area contributed by atoms with Crippen molar-refractivity contribution in [1.82, 2.24) is 9.71 Å². The topological polar surface area (TPSA) is 96.7 Å². The molecule has 0 spiro atoms. The predicted molar refractivity (Wildman–Crippen MR) is 150 cm³/mol. The van der Waals surface area contributed by atoms with Gasteiger partial charge in [-0.25, -0.2) is 4.39 Å². The van der Waals surface area contributed by atoms with Crippen LogP contribution in [0.1, 0.15) is 50.3 Å². The Morgan fingerprint density at radius 2 is 1.83 bits per heavy atom. The standard InChI is InChI=1S/C30H30F4N2O5S/c1-5-39-26(37)15-19-8-6-7-9-24(19)40-17-18-12-20-14-25(30(32,33)34)41-28(20)22(13-18)21-10-11-35-23(27(21)31)16-36-42(38)29(2,3)4/h6-14,36H,5,15-17H2,1-4H3/t42-/m0/s1. The summed E-state index contributed by atoms with van der Waals surface area (Å²) in [6, 6.07) is 12.0. The second kappa shape index (κ2) is 12.7. The number of nitrogens with one attached hydrogen (secondary N) is 1. The number of halogens is 4. The van der Waals surface area contributed by atoms with Crippen molar-refractivity contribution in [1.29, 1.82) is 0 Å². The molecule has 4 aromatic rings. The van der Waals surface area contributed by atoms with Crippen LogP contribution in [-0.2, 0) is 46.6 Å². The van der Waals surface area contributed by atoms with Gasteiger partial charge in [0, 0.05) is 39.6 Å². The van der Waals surface area contributed by atoms with E-state index in [0.29, 0.717) is 16.9 Å². The Morgan fingerprint density at radius 3 is 2.52 bits per heavy atom. The molecule has 1 N–H and O–H groups in total. The van der Waals surface area contributed by atoms with E-state index in [1.807, 2.05) is 0 Å². The molecule has 4 rings (SSSR count). The zero-order valence-electron chi connectivity index (χ0n) is 23.4. The predicted octanol–water partition coefficient (Wildman–Crippen LogP) is 6.89. The number of benzene rings is 2. The maximum Gasteiger partial charge on any atom is 0.449 e. The van der Waals surface area contributed by atoms with Gasteiger partial charge < -0.3 is 18.4 Å². The Morgan fingerprint density at radius 1 is 1.10 bits per heavy atom. The van der Waals surface area contributed by atoms with Crippen LogP contribution in [0.2, 0.25) is 0 Å². The van der Waals surface area contributed by atoms with Crippen LogP contribution in [0.5, 0.6) is 5.75 Å². The van der Waals surface area contributed by atoms with Gasteiger partial charge in [0.1, 0.15) is 22.7 Å². The summed E-state index contributed by atoms with van der Waals surface area (Å²) in [5, 5.41) is 0.1000. The molecule has 0 aliphatic heterocycles. The molecule has 42 heavy (non-hydrogen) atoms. The Kier molecular flexibility index (Phi) is 9.49. The number of hydrogen-bond acceptors (Lipinski definition) is 7. The Bertz CT molecular complexity index is 1570. The molecule has 0 fully saturated rings. The largest absolute Gasteiger partial charge is 0.598 e. The van der Waals surface area contributed by atoms with Crippen LogP contribution in [0.25, 0.3) is 22.1 Å². The molecule has 2 heterocycles. The first-order valence-corrected chi connectivity index (χ1v) is 14.2. The molecule has 0 saturated heterocycles. The zero-order chi connectivity index (χ0) is 30.7. The highest BCUT2D eigenvalue weighted by molar-refractivity contribution is 7.90. The molecule has 1 atom stereocenters. The molecular formula is C30H30F4N2O5S. The highest BCUT2D eigenvalue weighted by Crippen LogP contribution is 2.39. The van der Waals surface area contributed by atoms with E-state index in [9.17, 15) is 22.5 Å². The first-order chi connectivity index (χ1) is 19.8. The van der Waals surface area contributed by atoms with Crippen LogP contribution >= 0.6 is 0 Å². The van der Waals surface area contributed by atoms with Crippen molar-refractivity contribution in [2.75, 3.05) is 6.61 Å². The van der Waals surface area contributed by atoms with E-state index in [-0.39, 0.29) is 54.0 Å². The van der Waals surface area contributed by atoms with Crippen molar-refractivity contribution in [2.24, 2.45) is 0 Å². The van der Waals surface area contributed by atoms with Gasteiger partial charge in [-0.1, -0.05) is 18.2 Å². The number of hydrogen-bond donors (Lipinski definition) is 1. The Hall–Kier alpha value is -3.61. The summed E-state index contributed by atoms with van der Waals surface area (Å²) in [5.41, 5.74) is 0.819. The molecule has 0 aliphatic rings. The van der Waals surface area contributed by atoms with E-state index < -0.39 is 39.8 Å². The van der Waals surface area contributed by atoms with Gasteiger partial charge in [-0.05, 0) is 63.6 Å². The van der Waals surface area contributed by atoms with Gasteiger partial charge in [0.25, 0.3) is 0 Å². The number of nitrogens with zero attached hydrogens (tertiary/aromatic N) is 1. The molecule has 2 aromatic heterocycles. The zero-order valence-corrected chi connectivity index (χ0v) is 24.2. The van der Waals surface area contributed by atoms with Gasteiger partial charge >= 0.3 is 12.1 Å². The normalized spacial score (nSPS) is 12.9. The molecule has 0 aliphatic carbocycles. The Balaban J connectivity index is 1.71. The highest BCUT2D eigenvalue weighted by Gasteiger charge is 2.36. The van der Waals surface area contributed by atoms with Crippen LogP contribution < -0.4 is 9.46 Å². The summed E-state index contributed by atoms with van der Waals surface area (Å²) in [5.74, 6) is -2.06. The number of para-hydroxylation sites is 1. The Labute approximate surface area is 243 Å². The van der Waals surface area contributed by atoms with Gasteiger partial charge in [0.05, 0.1) is 25.3 Å². The number of esters is 1. The van der Waals surface area contributed by atoms with Crippen molar-refractivity contribution in [2.45, 2.75) is 58.2 Å². The summed E-state index contributed by atoms with van der Waals surface area (Å²) in [7, 11) is 0. The fraction of sp³-hybridized carbons (Fsp3) is 0.333. The molecule has 0 radical (unpaired) electrons. The molecule has 2 aromatic carbocycles. The van der Waals surface area contributed by atoms with Crippen molar-refractivity contribution in [3.05, 3.63) is 83.1 Å². The minimum Gasteiger partial charge on any atom is -0.598 e. The van der Waals surface area contributed by atoms with Crippen LogP contribution in [0.3, 0.4) is 0 Å². The fourth-order valence-corrected chi connectivity index (χ4v) is 4.83. The summed E-state index contributed by atoms with van der Waals surface area (Å²) in [6.07, 6.45) is -3.46. The molecule has 7 nitrogen and oxygen atoms in total. The molecule has 0 amide bonds. The highest BCUT2D eigenvalue weighted by atomic mass is 32.2. The van der Waals surface area contributed by atoms with Crippen LogP contribution in [-0.4, -0.2) is 26.9 Å². The third-order valence-corrected chi connectivity index (χ3v) is 7.66. The first kappa shape index (κ1) is 31.3. The number of aromatic nitrogens is 1. The summed E-state index contributed by atoms with van der Waals surface area (Å²) >= 11 is -1.50. The number of alkyl halides is 3. The van der Waals surface area contributed by atoms with Gasteiger partial charge in [0.15, 0.2) is 5.82 Å². The lowest BCUT2D eigenvalue weighted by Gasteiger charge is -2.23. The van der Waals surface area contributed by atoms with Crippen LogP contribution in [0.15, 0.2) is 59.1 Å². The second-order valence-electron chi connectivity index (χ2n) is 10.4. The SMILES string of the molecule is CCOC(=O)Cc1ccccc1OCc1cc(-c2ccnc(CN[S@@+]([O-])C(C)(C)C)c2F)c2oc(C(F)(F)F)cc2c1. The average Bonchev–Trinajstić information content (AvgIpc) is 3.36. The molecule has 0 unspecified atom stereocenters. The fourth-order valence-electron chi connectivity index (χ4n) is 4.13. The van der Waals surface area contributed by atoms with Gasteiger partial charge in [0.2, 0.25) is 5.76 Å². The van der Waals surface area contributed by atoms with Crippen LogP contribution in [0.4, 0.5) is 17.6 Å². The lowest BCUT2D eigenvalue weighted by molar-refractivity contribution is -0.152. The average molecular weight is 607 g/mol. The number of fused-ring (bicyclic) bond motifs is 1. The molecule has 0 bridgehead atoms. The maximum absolute atomic E-state index is 15.8. The van der Waals surface area contributed by atoms with Crippen molar-refractivity contribution in [3.63, 3.8) is 0 Å². The second-order valence-corrected chi connectivity index (χ2v) is 12.4. The number of rotatable bonds is 10. The van der Waals surface area contributed by atoms with E-state index >= 15 is 4.39 Å². The minimum atomic E-state index is -4.76. The lowest BCUT2D eigenvalue weighted by Crippen LogP contribution is -2.39. The molecule has 0 saturated carbocycles. The molecular weight excluding hydrogens is 576 g/mol. The smallest absolute Gasteiger partial charge is 0.449 e. The lowest BCUT2D eigenvalue weighted by atomic mass is 10.00. The maximum atomic E-state index is 15.8. The van der Waals surface area contributed by atoms with E-state index in [1.54, 1.807) is 52.0 Å². The molecule has 224 valence electrons. The van der Waals surface area contributed by atoms with Gasteiger partial charge in [-0.15, -0.1) is 4.72 Å². The van der Waals surface area contributed by atoms with Crippen molar-refractivity contribution in [3.8, 4) is 16.9 Å². The summed E-state index contributed by atoms with van der Waals surface area (Å²) in [4.78, 5) is 16.1. The number of furan rings is 1. The van der Waals surface area contributed by atoms with E-state index in [4.69, 9.17) is 13.9 Å². The third-order valence-electron chi connectivity index (χ3n) is 6.14.